The molecule has 1 amide bonds. The predicted molar refractivity (Wildman–Crippen MR) is 136 cm³/mol. The van der Waals surface area contributed by atoms with Gasteiger partial charge in [0.25, 0.3) is 0 Å². The number of halogens is 6. The van der Waals surface area contributed by atoms with Crippen LogP contribution in [0, 0.1) is 0 Å². The Kier molecular flexibility index (Phi) is 9.72. The van der Waals surface area contributed by atoms with E-state index in [9.17, 15) is 41.4 Å². The lowest BCUT2D eigenvalue weighted by Crippen LogP contribution is -2.46. The summed E-state index contributed by atoms with van der Waals surface area (Å²) in [6, 6.07) is -0.766. The van der Waals surface area contributed by atoms with Crippen molar-refractivity contribution in [3.63, 3.8) is 0 Å². The van der Waals surface area contributed by atoms with Crippen LogP contribution >= 0.6 is 0 Å². The first-order valence-corrected chi connectivity index (χ1v) is 12.6. The van der Waals surface area contributed by atoms with E-state index in [0.29, 0.717) is 32.8 Å². The maximum absolute atomic E-state index is 13.1. The summed E-state index contributed by atoms with van der Waals surface area (Å²) in [5.74, 6) is -0.460. The quantitative estimate of drug-likeness (QED) is 0.431. The number of carbonyl (C=O) groups excluding carboxylic acids is 1. The average molecular weight is 617 g/mol. The molecule has 0 unspecified atom stereocenters. The van der Waals surface area contributed by atoms with Crippen molar-refractivity contribution in [3.8, 4) is 0 Å². The molecule has 0 spiro atoms. The lowest BCUT2D eigenvalue weighted by atomic mass is 10.0. The molecule has 0 radical (unpaired) electrons. The van der Waals surface area contributed by atoms with Gasteiger partial charge in [-0.15, -0.1) is 20.4 Å². The smallest absolute Gasteiger partial charge is 0.424 e. The van der Waals surface area contributed by atoms with Crippen LogP contribution < -0.4 is 5.32 Å². The molecule has 12 nitrogen and oxygen atoms in total. The molecule has 0 saturated heterocycles. The Morgan fingerprint density at radius 1 is 0.833 bits per heavy atom. The molecule has 42 heavy (non-hydrogen) atoms. The molecule has 3 N–H and O–H groups in total. The van der Waals surface area contributed by atoms with Crippen molar-refractivity contribution >= 4 is 6.09 Å². The number of ether oxygens (including phenoxy) is 1. The number of amides is 1. The van der Waals surface area contributed by atoms with Gasteiger partial charge in [0.1, 0.15) is 11.4 Å². The average Bonchev–Trinajstić information content (AvgIpc) is 3.43. The minimum absolute atomic E-state index is 0. The highest BCUT2D eigenvalue weighted by Gasteiger charge is 2.56. The van der Waals surface area contributed by atoms with Gasteiger partial charge in [0, 0.05) is 19.1 Å². The number of carbonyl (C=O) groups is 1. The van der Waals surface area contributed by atoms with E-state index in [1.54, 1.807) is 34.6 Å². The highest BCUT2D eigenvalue weighted by molar-refractivity contribution is 5.68. The molecule has 240 valence electrons. The van der Waals surface area contributed by atoms with Crippen molar-refractivity contribution in [3.05, 3.63) is 23.3 Å². The van der Waals surface area contributed by atoms with Crippen LogP contribution in [-0.4, -0.2) is 81.8 Å². The summed E-state index contributed by atoms with van der Waals surface area (Å²) in [7, 11) is 0. The summed E-state index contributed by atoms with van der Waals surface area (Å²) < 4.78 is 85.3. The highest BCUT2D eigenvalue weighted by Crippen LogP contribution is 2.40. The molecule has 0 bridgehead atoms. The lowest BCUT2D eigenvalue weighted by Gasteiger charge is -2.35. The van der Waals surface area contributed by atoms with Gasteiger partial charge in [-0.25, -0.2) is 4.79 Å². The third-order valence-electron chi connectivity index (χ3n) is 6.58. The monoisotopic (exact) mass is 616 g/mol. The molecule has 4 rings (SSSR count). The topological polar surface area (TPSA) is 143 Å². The van der Waals surface area contributed by atoms with E-state index in [-0.39, 0.29) is 32.4 Å². The summed E-state index contributed by atoms with van der Waals surface area (Å²) >= 11 is 0. The lowest BCUT2D eigenvalue weighted by molar-refractivity contribution is -0.263. The fourth-order valence-corrected chi connectivity index (χ4v) is 4.30. The number of hydrogen-bond acceptors (Lipinski definition) is 9. The van der Waals surface area contributed by atoms with Crippen LogP contribution in [0.3, 0.4) is 0 Å². The fourth-order valence-electron chi connectivity index (χ4n) is 4.30. The Hall–Kier alpha value is -2.99. The van der Waals surface area contributed by atoms with Crippen molar-refractivity contribution in [2.45, 2.75) is 110 Å². The standard InChI is InChI=1S/C14H21F3N4O3.C9H13F3N4O.CH4/c1-8-6-20(11(22)24-12(2,3)4)7-9-18-19-10(21(8)9)13(5,23)14(15,16)17;1-5-3-13-4-6-14-15-7(16(5)6)8(2,17)9(10,11)12;/h8,23H,6-7H2,1-5H3;5,13,17H,3-4H2,1-2H3;1H4/t8-,13+;5-,8+;/m00./s1. The summed E-state index contributed by atoms with van der Waals surface area (Å²) in [6.45, 7) is 10.8. The molecule has 18 heteroatoms. The van der Waals surface area contributed by atoms with Gasteiger partial charge in [-0.05, 0) is 48.5 Å². The van der Waals surface area contributed by atoms with Crippen LogP contribution in [0.4, 0.5) is 31.1 Å². The first-order chi connectivity index (χ1) is 18.5. The van der Waals surface area contributed by atoms with Crippen LogP contribution in [0.1, 0.15) is 91.3 Å². The number of nitrogens with zero attached hydrogens (tertiary/aromatic N) is 7. The molecule has 2 aromatic heterocycles. The second-order valence-corrected chi connectivity index (χ2v) is 11.4. The van der Waals surface area contributed by atoms with E-state index in [4.69, 9.17) is 4.74 Å². The first kappa shape index (κ1) is 35.2. The van der Waals surface area contributed by atoms with E-state index in [2.05, 4.69) is 25.7 Å². The minimum Gasteiger partial charge on any atom is -0.444 e. The Morgan fingerprint density at radius 3 is 1.74 bits per heavy atom. The number of nitrogens with one attached hydrogen (secondary N) is 1. The maximum atomic E-state index is 13.1. The van der Waals surface area contributed by atoms with Gasteiger partial charge >= 0.3 is 18.4 Å². The van der Waals surface area contributed by atoms with Gasteiger partial charge in [-0.3, -0.25) is 4.90 Å². The van der Waals surface area contributed by atoms with Gasteiger partial charge < -0.3 is 29.4 Å². The molecule has 0 saturated carbocycles. The summed E-state index contributed by atoms with van der Waals surface area (Å²) in [4.78, 5) is 13.5. The van der Waals surface area contributed by atoms with Crippen LogP contribution in [0.15, 0.2) is 0 Å². The van der Waals surface area contributed by atoms with E-state index in [1.807, 2.05) is 0 Å². The van der Waals surface area contributed by atoms with Crippen molar-refractivity contribution in [2.24, 2.45) is 0 Å². The normalized spacial score (nSPS) is 21.9. The van der Waals surface area contributed by atoms with Crippen molar-refractivity contribution < 1.29 is 46.1 Å². The largest absolute Gasteiger partial charge is 0.444 e. The predicted octanol–water partition coefficient (Wildman–Crippen LogP) is 3.71. The Morgan fingerprint density at radius 2 is 1.29 bits per heavy atom. The molecule has 0 aliphatic carbocycles. The molecule has 0 aromatic carbocycles. The molecule has 2 aliphatic heterocycles. The summed E-state index contributed by atoms with van der Waals surface area (Å²) in [5.41, 5.74) is -6.79. The second-order valence-electron chi connectivity index (χ2n) is 11.4. The maximum Gasteiger partial charge on any atom is 0.424 e. The van der Waals surface area contributed by atoms with Crippen molar-refractivity contribution in [1.82, 2.24) is 39.7 Å². The molecular weight excluding hydrogens is 578 g/mol. The number of aliphatic hydroxyl groups is 2. The number of hydrogen-bond donors (Lipinski definition) is 3. The molecule has 2 aromatic rings. The summed E-state index contributed by atoms with van der Waals surface area (Å²) in [5, 5.41) is 36.9. The second kappa shape index (κ2) is 11.6. The number of rotatable bonds is 2. The Bertz CT molecular complexity index is 1250. The zero-order chi connectivity index (χ0) is 31.3. The van der Waals surface area contributed by atoms with E-state index in [1.165, 1.54) is 14.0 Å². The van der Waals surface area contributed by atoms with E-state index in [0.717, 1.165) is 0 Å². The van der Waals surface area contributed by atoms with Gasteiger partial charge in [-0.2, -0.15) is 26.3 Å². The SMILES string of the molecule is C.C[C@H]1CN(C(=O)OC(C)(C)C)Cc2nnc([C@@](C)(O)C(F)(F)F)n21.C[C@H]1CNCc2nnc([C@@](C)(O)C(F)(F)F)n21. The van der Waals surface area contributed by atoms with Crippen LogP contribution in [0.5, 0.6) is 0 Å². The first-order valence-electron chi connectivity index (χ1n) is 12.6. The van der Waals surface area contributed by atoms with Gasteiger partial charge in [0.05, 0.1) is 19.1 Å². The zero-order valence-corrected chi connectivity index (χ0v) is 23.6. The highest BCUT2D eigenvalue weighted by atomic mass is 19.4. The van der Waals surface area contributed by atoms with Crippen molar-refractivity contribution in [2.75, 3.05) is 13.1 Å². The minimum atomic E-state index is -4.89. The fraction of sp³-hybridized carbons (Fsp3) is 0.792. The molecule has 4 atom stereocenters. The van der Waals surface area contributed by atoms with Crippen LogP contribution in [-0.2, 0) is 29.0 Å². The summed E-state index contributed by atoms with van der Waals surface area (Å²) in [6.07, 6.45) is -10.2. The van der Waals surface area contributed by atoms with Gasteiger partial charge in [0.15, 0.2) is 17.5 Å². The molecular formula is C24H38F6N8O4. The van der Waals surface area contributed by atoms with E-state index >= 15 is 0 Å². The third kappa shape index (κ3) is 6.80. The molecule has 0 fully saturated rings. The number of alkyl halides is 6. The zero-order valence-electron chi connectivity index (χ0n) is 23.6. The number of aromatic nitrogens is 6. The van der Waals surface area contributed by atoms with Crippen LogP contribution in [0.25, 0.3) is 0 Å². The Labute approximate surface area is 239 Å². The van der Waals surface area contributed by atoms with Crippen LogP contribution in [0.2, 0.25) is 0 Å². The van der Waals surface area contributed by atoms with E-state index < -0.39 is 52.9 Å². The van der Waals surface area contributed by atoms with Gasteiger partial charge in [-0.1, -0.05) is 7.43 Å². The number of fused-ring (bicyclic) bond motifs is 2. The third-order valence-corrected chi connectivity index (χ3v) is 6.58. The molecule has 2 aliphatic rings. The molecule has 4 heterocycles. The van der Waals surface area contributed by atoms with Crippen molar-refractivity contribution in [1.29, 1.82) is 0 Å². The van der Waals surface area contributed by atoms with Gasteiger partial charge in [0.2, 0.25) is 11.2 Å². The Balaban J connectivity index is 0.000000302.